The van der Waals surface area contributed by atoms with Crippen LogP contribution >= 0.6 is 0 Å². The zero-order valence-corrected chi connectivity index (χ0v) is 24.2. The Morgan fingerprint density at radius 3 is 2.27 bits per heavy atom. The van der Waals surface area contributed by atoms with Crippen molar-refractivity contribution in [3.05, 3.63) is 66.0 Å². The largest absolute Gasteiger partial charge is 0.412 e. The summed E-state index contributed by atoms with van der Waals surface area (Å²) in [7, 11) is 0. The van der Waals surface area contributed by atoms with Gasteiger partial charge in [-0.3, -0.25) is 9.59 Å². The van der Waals surface area contributed by atoms with E-state index in [4.69, 9.17) is 15.5 Å². The number of alkyl halides is 3. The molecule has 2 fully saturated rings. The number of allylic oxidation sites excluding steroid dienone is 1. The van der Waals surface area contributed by atoms with Crippen LogP contribution in [0.2, 0.25) is 0 Å². The molecule has 5 rings (SSSR count). The number of nitrogen functional groups attached to an aromatic ring is 1. The Balaban J connectivity index is 1.20. The third-order valence-corrected chi connectivity index (χ3v) is 7.47. The molecule has 232 valence electrons. The summed E-state index contributed by atoms with van der Waals surface area (Å²) in [6.45, 7) is 5.89. The molecule has 11 nitrogen and oxygen atoms in total. The first-order valence-electron chi connectivity index (χ1n) is 14.2. The molecular formula is C30H33F3N8O3. The number of benzene rings is 1. The maximum absolute atomic E-state index is 13.1. The van der Waals surface area contributed by atoms with Gasteiger partial charge in [0.25, 0.3) is 0 Å². The minimum Gasteiger partial charge on any atom is -0.378 e. The van der Waals surface area contributed by atoms with E-state index in [0.29, 0.717) is 51.2 Å². The summed E-state index contributed by atoms with van der Waals surface area (Å²) in [5, 5.41) is 2.41. The molecule has 0 unspecified atom stereocenters. The fourth-order valence-electron chi connectivity index (χ4n) is 4.92. The second-order valence-electron chi connectivity index (χ2n) is 10.6. The van der Waals surface area contributed by atoms with E-state index in [0.717, 1.165) is 48.3 Å². The number of nitrogens with two attached hydrogens (primary N) is 1. The monoisotopic (exact) mass is 610 g/mol. The van der Waals surface area contributed by atoms with Crippen molar-refractivity contribution in [2.75, 3.05) is 73.3 Å². The fourth-order valence-corrected chi connectivity index (χ4v) is 4.92. The van der Waals surface area contributed by atoms with E-state index >= 15 is 0 Å². The highest BCUT2D eigenvalue weighted by atomic mass is 19.4. The molecule has 0 bridgehead atoms. The van der Waals surface area contributed by atoms with Crippen LogP contribution in [-0.2, 0) is 20.7 Å². The zero-order valence-electron chi connectivity index (χ0n) is 24.2. The lowest BCUT2D eigenvalue weighted by Crippen LogP contribution is -2.49. The topological polar surface area (TPSA) is 130 Å². The molecule has 44 heavy (non-hydrogen) atoms. The summed E-state index contributed by atoms with van der Waals surface area (Å²) in [5.74, 6) is 0.117. The summed E-state index contributed by atoms with van der Waals surface area (Å²) in [6, 6.07) is 10.5. The number of halogens is 3. The first-order valence-corrected chi connectivity index (χ1v) is 14.2. The van der Waals surface area contributed by atoms with Crippen molar-refractivity contribution in [1.29, 1.82) is 0 Å². The number of piperazine rings is 1. The second kappa shape index (κ2) is 13.3. The van der Waals surface area contributed by atoms with Crippen molar-refractivity contribution in [1.82, 2.24) is 19.9 Å². The van der Waals surface area contributed by atoms with Gasteiger partial charge in [0.2, 0.25) is 17.8 Å². The fraction of sp³-hybridized carbons (Fsp3) is 0.367. The Labute approximate surface area is 252 Å². The number of pyridine rings is 1. The molecule has 1 aromatic carbocycles. The van der Waals surface area contributed by atoms with Crippen LogP contribution in [0, 0.1) is 0 Å². The van der Waals surface area contributed by atoms with Crippen LogP contribution < -0.4 is 20.9 Å². The Hall–Kier alpha value is -4.72. The Morgan fingerprint density at radius 2 is 1.64 bits per heavy atom. The highest BCUT2D eigenvalue weighted by Crippen LogP contribution is 2.29. The van der Waals surface area contributed by atoms with Gasteiger partial charge in [0.1, 0.15) is 5.82 Å². The van der Waals surface area contributed by atoms with Crippen LogP contribution in [0.3, 0.4) is 0 Å². The lowest BCUT2D eigenvalue weighted by molar-refractivity contribution is -0.130. The van der Waals surface area contributed by atoms with E-state index in [2.05, 4.69) is 31.2 Å². The van der Waals surface area contributed by atoms with E-state index in [1.54, 1.807) is 36.7 Å². The molecular weight excluding hydrogens is 577 g/mol. The average molecular weight is 611 g/mol. The Bertz CT molecular complexity index is 1500. The molecule has 0 radical (unpaired) electrons. The van der Waals surface area contributed by atoms with Gasteiger partial charge in [-0.05, 0) is 30.7 Å². The predicted molar refractivity (Wildman–Crippen MR) is 160 cm³/mol. The number of rotatable bonds is 7. The van der Waals surface area contributed by atoms with Crippen molar-refractivity contribution >= 4 is 35.0 Å². The van der Waals surface area contributed by atoms with E-state index in [-0.39, 0.29) is 18.3 Å². The average Bonchev–Trinajstić information content (AvgIpc) is 3.02. The summed E-state index contributed by atoms with van der Waals surface area (Å²) in [5.41, 5.74) is 8.23. The number of morpholine rings is 1. The van der Waals surface area contributed by atoms with Gasteiger partial charge >= 0.3 is 6.18 Å². The van der Waals surface area contributed by atoms with Gasteiger partial charge in [-0.25, -0.2) is 15.0 Å². The number of aromatic nitrogens is 3. The summed E-state index contributed by atoms with van der Waals surface area (Å²) in [6.07, 6.45) is -0.576. The quantitative estimate of drug-likeness (QED) is 0.387. The van der Waals surface area contributed by atoms with Crippen molar-refractivity contribution in [2.45, 2.75) is 19.5 Å². The number of amides is 2. The summed E-state index contributed by atoms with van der Waals surface area (Å²) in [4.78, 5) is 44.3. The maximum atomic E-state index is 13.1. The molecule has 14 heteroatoms. The molecule has 3 aromatic rings. The van der Waals surface area contributed by atoms with Gasteiger partial charge in [0, 0.05) is 86.3 Å². The number of nitrogens with zero attached hydrogens (tertiary/aromatic N) is 6. The number of nitrogens with one attached hydrogen (secondary N) is 1. The third kappa shape index (κ3) is 7.81. The van der Waals surface area contributed by atoms with Crippen molar-refractivity contribution < 1.29 is 27.5 Å². The van der Waals surface area contributed by atoms with Crippen LogP contribution in [0.25, 0.3) is 11.3 Å². The molecule has 2 aliphatic heterocycles. The molecule has 2 aromatic heterocycles. The summed E-state index contributed by atoms with van der Waals surface area (Å²) >= 11 is 0. The van der Waals surface area contributed by atoms with Crippen LogP contribution in [0.15, 0.2) is 60.4 Å². The highest BCUT2D eigenvalue weighted by molar-refractivity contribution is 5.99. The van der Waals surface area contributed by atoms with Gasteiger partial charge < -0.3 is 30.5 Å². The van der Waals surface area contributed by atoms with Crippen LogP contribution in [0.4, 0.5) is 36.3 Å². The first kappa shape index (κ1) is 30.7. The molecule has 0 spiro atoms. The molecule has 2 aliphatic rings. The van der Waals surface area contributed by atoms with E-state index in [1.807, 2.05) is 11.0 Å². The number of ether oxygens (including phenoxy) is 1. The minimum atomic E-state index is -4.56. The standard InChI is InChI=1S/C30H33F3N8O3/c1-20(30(31,32)33)14-27(42)37-23-4-2-21(3-5-23)15-28(43)41-8-6-39(7-9-41)24-16-25(22-18-35-29(34)36-19-22)38-26(17-24)40-10-12-44-13-11-40/h2-5,14,16-19H,6-13,15H2,1H3,(H,37,42)(H2,34,35,36). The molecule has 2 amide bonds. The zero-order chi connectivity index (χ0) is 31.3. The maximum Gasteiger partial charge on any atom is 0.412 e. The van der Waals surface area contributed by atoms with E-state index < -0.39 is 17.7 Å². The number of carbonyl (C=O) groups excluding carboxylic acids is 2. The van der Waals surface area contributed by atoms with E-state index in [1.165, 1.54) is 0 Å². The second-order valence-corrected chi connectivity index (χ2v) is 10.6. The number of hydrogen-bond donors (Lipinski definition) is 2. The molecule has 0 atom stereocenters. The minimum absolute atomic E-state index is 0.0337. The smallest absolute Gasteiger partial charge is 0.378 e. The van der Waals surface area contributed by atoms with Crippen molar-refractivity contribution in [2.24, 2.45) is 0 Å². The van der Waals surface area contributed by atoms with Gasteiger partial charge in [-0.2, -0.15) is 13.2 Å². The molecule has 3 N–H and O–H groups in total. The van der Waals surface area contributed by atoms with Crippen LogP contribution in [-0.4, -0.2) is 90.3 Å². The van der Waals surface area contributed by atoms with E-state index in [9.17, 15) is 22.8 Å². The van der Waals surface area contributed by atoms with Crippen LogP contribution in [0.5, 0.6) is 0 Å². The molecule has 4 heterocycles. The first-order chi connectivity index (χ1) is 21.0. The van der Waals surface area contributed by atoms with Gasteiger partial charge in [-0.15, -0.1) is 0 Å². The third-order valence-electron chi connectivity index (χ3n) is 7.47. The molecule has 2 saturated heterocycles. The predicted octanol–water partition coefficient (Wildman–Crippen LogP) is 3.30. The Kier molecular flexibility index (Phi) is 9.28. The number of anilines is 4. The van der Waals surface area contributed by atoms with Gasteiger partial charge in [-0.1, -0.05) is 12.1 Å². The van der Waals surface area contributed by atoms with Crippen molar-refractivity contribution in [3.63, 3.8) is 0 Å². The van der Waals surface area contributed by atoms with Crippen molar-refractivity contribution in [3.8, 4) is 11.3 Å². The summed E-state index contributed by atoms with van der Waals surface area (Å²) < 4.78 is 43.5. The molecule has 0 saturated carbocycles. The number of hydrogen-bond acceptors (Lipinski definition) is 9. The molecule has 0 aliphatic carbocycles. The van der Waals surface area contributed by atoms with Gasteiger partial charge in [0.15, 0.2) is 0 Å². The van der Waals surface area contributed by atoms with Gasteiger partial charge in [0.05, 0.1) is 25.3 Å². The SMILES string of the molecule is CC(=CC(=O)Nc1ccc(CC(=O)N2CCN(c3cc(-c4cnc(N)nc4)nc(N4CCOCC4)c3)CC2)cc1)C(F)(F)F. The Morgan fingerprint density at radius 1 is 0.977 bits per heavy atom. The lowest BCUT2D eigenvalue weighted by Gasteiger charge is -2.37. The normalized spacial score (nSPS) is 16.2. The lowest BCUT2D eigenvalue weighted by atomic mass is 10.1. The highest BCUT2D eigenvalue weighted by Gasteiger charge is 2.30. The number of carbonyl (C=O) groups is 2. The van der Waals surface area contributed by atoms with Crippen LogP contribution in [0.1, 0.15) is 12.5 Å².